The van der Waals surface area contributed by atoms with Gasteiger partial charge in [-0.25, -0.2) is 0 Å². The maximum atomic E-state index is 12.1. The number of hydrogen-bond acceptors (Lipinski definition) is 3. The van der Waals surface area contributed by atoms with E-state index in [-0.39, 0.29) is 17.2 Å². The SMILES string of the molecule is CSC1(CNC(=O)c2cccn2CC(=O)O)CCC1. The van der Waals surface area contributed by atoms with Crippen molar-refractivity contribution in [3.05, 3.63) is 24.0 Å². The minimum Gasteiger partial charge on any atom is -0.480 e. The van der Waals surface area contributed by atoms with E-state index in [0.717, 1.165) is 12.8 Å². The van der Waals surface area contributed by atoms with Crippen molar-refractivity contribution >= 4 is 23.6 Å². The van der Waals surface area contributed by atoms with Crippen LogP contribution < -0.4 is 5.32 Å². The molecule has 0 aromatic carbocycles. The highest BCUT2D eigenvalue weighted by atomic mass is 32.2. The van der Waals surface area contributed by atoms with Gasteiger partial charge in [0.2, 0.25) is 0 Å². The first-order valence-corrected chi connectivity index (χ1v) is 7.49. The Bertz CT molecular complexity index is 474. The minimum atomic E-state index is -0.954. The molecule has 6 heteroatoms. The van der Waals surface area contributed by atoms with Crippen molar-refractivity contribution in [3.8, 4) is 0 Å². The van der Waals surface area contributed by atoms with E-state index >= 15 is 0 Å². The zero-order valence-electron chi connectivity index (χ0n) is 10.9. The van der Waals surface area contributed by atoms with Crippen LogP contribution in [0, 0.1) is 0 Å². The molecule has 0 bridgehead atoms. The van der Waals surface area contributed by atoms with Gasteiger partial charge in [-0.2, -0.15) is 11.8 Å². The van der Waals surface area contributed by atoms with Crippen molar-refractivity contribution in [2.45, 2.75) is 30.6 Å². The summed E-state index contributed by atoms with van der Waals surface area (Å²) in [6, 6.07) is 3.33. The number of carbonyl (C=O) groups is 2. The van der Waals surface area contributed by atoms with E-state index in [2.05, 4.69) is 11.6 Å². The Hall–Kier alpha value is -1.43. The van der Waals surface area contributed by atoms with Gasteiger partial charge in [-0.3, -0.25) is 9.59 Å². The first-order chi connectivity index (χ1) is 9.06. The predicted molar refractivity (Wildman–Crippen MR) is 74.5 cm³/mol. The van der Waals surface area contributed by atoms with Gasteiger partial charge in [0.25, 0.3) is 5.91 Å². The smallest absolute Gasteiger partial charge is 0.323 e. The summed E-state index contributed by atoms with van der Waals surface area (Å²) in [5.41, 5.74) is 0.401. The lowest BCUT2D eigenvalue weighted by atomic mass is 9.84. The number of amides is 1. The lowest BCUT2D eigenvalue weighted by Crippen LogP contribution is -2.45. The fourth-order valence-electron chi connectivity index (χ4n) is 2.26. The van der Waals surface area contributed by atoms with Gasteiger partial charge in [0.1, 0.15) is 12.2 Å². The van der Waals surface area contributed by atoms with Crippen LogP contribution in [0.25, 0.3) is 0 Å². The monoisotopic (exact) mass is 282 g/mol. The number of carboxylic acids is 1. The molecular weight excluding hydrogens is 264 g/mol. The number of rotatable bonds is 6. The average Bonchev–Trinajstić information content (AvgIpc) is 2.75. The van der Waals surface area contributed by atoms with Gasteiger partial charge in [-0.1, -0.05) is 6.42 Å². The van der Waals surface area contributed by atoms with Crippen LogP contribution in [0.4, 0.5) is 0 Å². The van der Waals surface area contributed by atoms with Crippen LogP contribution in [0.15, 0.2) is 18.3 Å². The number of aliphatic carboxylic acids is 1. The molecule has 1 aromatic rings. The van der Waals surface area contributed by atoms with Crippen LogP contribution in [0.1, 0.15) is 29.8 Å². The number of nitrogens with one attached hydrogen (secondary N) is 1. The Kier molecular flexibility index (Phi) is 4.19. The van der Waals surface area contributed by atoms with Gasteiger partial charge in [-0.15, -0.1) is 0 Å². The molecule has 1 amide bonds. The molecule has 5 nitrogen and oxygen atoms in total. The van der Waals surface area contributed by atoms with Crippen LogP contribution in [0.3, 0.4) is 0 Å². The molecule has 0 aliphatic heterocycles. The summed E-state index contributed by atoms with van der Waals surface area (Å²) in [5, 5.41) is 11.7. The average molecular weight is 282 g/mol. The van der Waals surface area contributed by atoms with Gasteiger partial charge in [0, 0.05) is 17.5 Å². The summed E-state index contributed by atoms with van der Waals surface area (Å²) in [6.07, 6.45) is 7.15. The molecule has 1 aromatic heterocycles. The summed E-state index contributed by atoms with van der Waals surface area (Å²) < 4.78 is 1.63. The first-order valence-electron chi connectivity index (χ1n) is 6.27. The fourth-order valence-corrected chi connectivity index (χ4v) is 3.17. The molecule has 2 N–H and O–H groups in total. The fraction of sp³-hybridized carbons (Fsp3) is 0.538. The molecule has 1 aliphatic carbocycles. The number of hydrogen-bond donors (Lipinski definition) is 2. The molecule has 19 heavy (non-hydrogen) atoms. The van der Waals surface area contributed by atoms with E-state index in [1.807, 2.05) is 0 Å². The van der Waals surface area contributed by atoms with E-state index in [4.69, 9.17) is 5.11 Å². The Balaban J connectivity index is 1.96. The predicted octanol–water partition coefficient (Wildman–Crippen LogP) is 1.59. The maximum absolute atomic E-state index is 12.1. The molecular formula is C13H18N2O3S. The molecule has 1 heterocycles. The number of carboxylic acid groups (broad SMARTS) is 1. The molecule has 0 spiro atoms. The Labute approximate surface area is 116 Å². The zero-order valence-corrected chi connectivity index (χ0v) is 11.7. The van der Waals surface area contributed by atoms with Crippen molar-refractivity contribution in [3.63, 3.8) is 0 Å². The number of thioether (sulfide) groups is 1. The lowest BCUT2D eigenvalue weighted by Gasteiger charge is -2.40. The Morgan fingerprint density at radius 2 is 2.26 bits per heavy atom. The van der Waals surface area contributed by atoms with Gasteiger partial charge >= 0.3 is 5.97 Å². The first kappa shape index (κ1) is 14.0. The highest BCUT2D eigenvalue weighted by molar-refractivity contribution is 8.00. The van der Waals surface area contributed by atoms with E-state index < -0.39 is 5.97 Å². The molecule has 0 saturated heterocycles. The molecule has 104 valence electrons. The highest BCUT2D eigenvalue weighted by Crippen LogP contribution is 2.42. The lowest BCUT2D eigenvalue weighted by molar-refractivity contribution is -0.137. The van der Waals surface area contributed by atoms with Gasteiger partial charge in [0.05, 0.1) is 0 Å². The Morgan fingerprint density at radius 3 is 2.79 bits per heavy atom. The van der Waals surface area contributed by atoms with Crippen molar-refractivity contribution < 1.29 is 14.7 Å². The standard InChI is InChI=1S/C13H18N2O3S/c1-19-13(5-3-6-13)9-14-12(18)10-4-2-7-15(10)8-11(16)17/h2,4,7H,3,5-6,8-9H2,1H3,(H,14,18)(H,16,17). The summed E-state index contributed by atoms with van der Waals surface area (Å²) in [6.45, 7) is 0.453. The second-order valence-electron chi connectivity index (χ2n) is 4.84. The number of carbonyl (C=O) groups excluding carboxylic acids is 1. The van der Waals surface area contributed by atoms with Crippen LogP contribution in [0.2, 0.25) is 0 Å². The van der Waals surface area contributed by atoms with Crippen molar-refractivity contribution in [2.24, 2.45) is 0 Å². The van der Waals surface area contributed by atoms with Crippen molar-refractivity contribution in [1.29, 1.82) is 0 Å². The number of nitrogens with zero attached hydrogens (tertiary/aromatic N) is 1. The summed E-state index contributed by atoms with van der Waals surface area (Å²) >= 11 is 1.80. The Morgan fingerprint density at radius 1 is 1.53 bits per heavy atom. The molecule has 0 radical (unpaired) electrons. The van der Waals surface area contributed by atoms with Gasteiger partial charge < -0.3 is 15.0 Å². The van der Waals surface area contributed by atoms with Crippen molar-refractivity contribution in [2.75, 3.05) is 12.8 Å². The molecule has 1 fully saturated rings. The number of aromatic nitrogens is 1. The summed E-state index contributed by atoms with van der Waals surface area (Å²) in [5.74, 6) is -1.16. The largest absolute Gasteiger partial charge is 0.480 e. The third kappa shape index (κ3) is 3.12. The third-order valence-corrected chi connectivity index (χ3v) is 5.06. The normalized spacial score (nSPS) is 16.7. The van der Waals surface area contributed by atoms with E-state index in [1.165, 1.54) is 11.0 Å². The third-order valence-electron chi connectivity index (χ3n) is 3.64. The second-order valence-corrected chi connectivity index (χ2v) is 6.11. The molecule has 1 saturated carbocycles. The van der Waals surface area contributed by atoms with Gasteiger partial charge in [0.15, 0.2) is 0 Å². The molecule has 2 rings (SSSR count). The van der Waals surface area contributed by atoms with E-state index in [0.29, 0.717) is 12.2 Å². The van der Waals surface area contributed by atoms with Gasteiger partial charge in [-0.05, 0) is 31.2 Å². The zero-order chi connectivity index (χ0) is 13.9. The maximum Gasteiger partial charge on any atom is 0.323 e. The van der Waals surface area contributed by atoms with E-state index in [9.17, 15) is 9.59 Å². The minimum absolute atomic E-state index is 0.180. The summed E-state index contributed by atoms with van der Waals surface area (Å²) in [4.78, 5) is 22.8. The summed E-state index contributed by atoms with van der Waals surface area (Å²) in [7, 11) is 0. The second kappa shape index (κ2) is 5.69. The van der Waals surface area contributed by atoms with Crippen LogP contribution in [-0.2, 0) is 11.3 Å². The highest BCUT2D eigenvalue weighted by Gasteiger charge is 2.36. The van der Waals surface area contributed by atoms with Crippen LogP contribution >= 0.6 is 11.8 Å². The molecule has 1 aliphatic rings. The van der Waals surface area contributed by atoms with Crippen LogP contribution in [-0.4, -0.2) is 39.1 Å². The molecule has 0 unspecified atom stereocenters. The topological polar surface area (TPSA) is 71.3 Å². The van der Waals surface area contributed by atoms with Crippen molar-refractivity contribution in [1.82, 2.24) is 9.88 Å². The van der Waals surface area contributed by atoms with Crippen LogP contribution in [0.5, 0.6) is 0 Å². The van der Waals surface area contributed by atoms with E-state index in [1.54, 1.807) is 30.1 Å². The molecule has 0 atom stereocenters. The quantitative estimate of drug-likeness (QED) is 0.831.